The summed E-state index contributed by atoms with van der Waals surface area (Å²) in [5, 5.41) is 3.05. The van der Waals surface area contributed by atoms with E-state index in [1.807, 2.05) is 31.2 Å². The van der Waals surface area contributed by atoms with Crippen molar-refractivity contribution in [1.82, 2.24) is 14.5 Å². The van der Waals surface area contributed by atoms with E-state index in [1.54, 1.807) is 4.31 Å². The number of hydrogen-bond donors (Lipinski definition) is 1. The molecule has 6 nitrogen and oxygen atoms in total. The third-order valence-electron chi connectivity index (χ3n) is 5.16. The van der Waals surface area contributed by atoms with Crippen LogP contribution in [0.15, 0.2) is 24.3 Å². The molecule has 2 rings (SSSR count). The third kappa shape index (κ3) is 6.30. The summed E-state index contributed by atoms with van der Waals surface area (Å²) < 4.78 is 25.8. The summed E-state index contributed by atoms with van der Waals surface area (Å²) in [5.41, 5.74) is 1.85. The molecule has 1 heterocycles. The zero-order chi connectivity index (χ0) is 19.9. The quantitative estimate of drug-likeness (QED) is 0.697. The molecule has 1 fully saturated rings. The normalized spacial score (nSPS) is 16.6. The minimum atomic E-state index is -3.14. The molecule has 27 heavy (non-hydrogen) atoms. The van der Waals surface area contributed by atoms with Crippen LogP contribution in [0.4, 0.5) is 0 Å². The lowest BCUT2D eigenvalue weighted by Crippen LogP contribution is -2.47. The molecular formula is C20H33N3O3S. The van der Waals surface area contributed by atoms with E-state index < -0.39 is 10.0 Å². The van der Waals surface area contributed by atoms with Gasteiger partial charge in [0.2, 0.25) is 10.0 Å². The molecule has 1 aliphatic heterocycles. The van der Waals surface area contributed by atoms with Crippen molar-refractivity contribution < 1.29 is 13.2 Å². The maximum absolute atomic E-state index is 12.5. The summed E-state index contributed by atoms with van der Waals surface area (Å²) in [6, 6.07) is 7.78. The van der Waals surface area contributed by atoms with Crippen LogP contribution in [-0.4, -0.2) is 61.5 Å². The standard InChI is InChI=1S/C20H33N3O3S/c1-4-15-27(25,26)23-13-11-19(12-14-23)21-20(24)18-9-7-17(8-10-18)16-22(5-2)6-3/h7-10,19H,4-6,11-16H2,1-3H3,(H,21,24). The lowest BCUT2D eigenvalue weighted by molar-refractivity contribution is 0.0924. The topological polar surface area (TPSA) is 69.7 Å². The zero-order valence-electron chi connectivity index (χ0n) is 16.8. The van der Waals surface area contributed by atoms with Gasteiger partial charge in [-0.15, -0.1) is 0 Å². The largest absolute Gasteiger partial charge is 0.349 e. The van der Waals surface area contributed by atoms with Crippen molar-refractivity contribution in [2.24, 2.45) is 0 Å². The van der Waals surface area contributed by atoms with Crippen LogP contribution in [0, 0.1) is 0 Å². The van der Waals surface area contributed by atoms with Crippen molar-refractivity contribution in [3.05, 3.63) is 35.4 Å². The predicted molar refractivity (Wildman–Crippen MR) is 109 cm³/mol. The van der Waals surface area contributed by atoms with Crippen molar-refractivity contribution in [3.8, 4) is 0 Å². The Morgan fingerprint density at radius 2 is 1.70 bits per heavy atom. The molecule has 0 aliphatic carbocycles. The monoisotopic (exact) mass is 395 g/mol. The second-order valence-corrected chi connectivity index (χ2v) is 9.21. The van der Waals surface area contributed by atoms with Crippen molar-refractivity contribution in [2.75, 3.05) is 31.9 Å². The first-order valence-corrected chi connectivity index (χ1v) is 11.6. The third-order valence-corrected chi connectivity index (χ3v) is 7.24. The van der Waals surface area contributed by atoms with E-state index in [-0.39, 0.29) is 17.7 Å². The molecule has 0 bridgehead atoms. The van der Waals surface area contributed by atoms with Crippen molar-refractivity contribution in [3.63, 3.8) is 0 Å². The Balaban J connectivity index is 1.85. The van der Waals surface area contributed by atoms with E-state index in [9.17, 15) is 13.2 Å². The average molecular weight is 396 g/mol. The average Bonchev–Trinajstić information content (AvgIpc) is 2.67. The van der Waals surface area contributed by atoms with Crippen LogP contribution in [0.3, 0.4) is 0 Å². The van der Waals surface area contributed by atoms with E-state index in [0.717, 1.165) is 19.6 Å². The second kappa shape index (κ2) is 10.2. The van der Waals surface area contributed by atoms with Crippen LogP contribution in [0.25, 0.3) is 0 Å². The van der Waals surface area contributed by atoms with Gasteiger partial charge in [0.25, 0.3) is 5.91 Å². The van der Waals surface area contributed by atoms with Gasteiger partial charge in [-0.2, -0.15) is 0 Å². The molecule has 0 aromatic heterocycles. The highest BCUT2D eigenvalue weighted by atomic mass is 32.2. The molecule has 1 saturated heterocycles. The van der Waals surface area contributed by atoms with Gasteiger partial charge in [-0.3, -0.25) is 9.69 Å². The van der Waals surface area contributed by atoms with Crippen molar-refractivity contribution >= 4 is 15.9 Å². The number of carbonyl (C=O) groups is 1. The molecule has 1 amide bonds. The molecule has 1 aliphatic rings. The van der Waals surface area contributed by atoms with Crippen LogP contribution in [-0.2, 0) is 16.6 Å². The Kier molecular flexibility index (Phi) is 8.26. The van der Waals surface area contributed by atoms with E-state index in [1.165, 1.54) is 5.56 Å². The van der Waals surface area contributed by atoms with Gasteiger partial charge in [-0.25, -0.2) is 12.7 Å². The fraction of sp³-hybridized carbons (Fsp3) is 0.650. The molecule has 1 aromatic carbocycles. The maximum Gasteiger partial charge on any atom is 0.251 e. The number of nitrogens with one attached hydrogen (secondary N) is 1. The Morgan fingerprint density at radius 1 is 1.11 bits per heavy atom. The molecule has 0 atom stereocenters. The van der Waals surface area contributed by atoms with Crippen LogP contribution in [0.2, 0.25) is 0 Å². The molecule has 0 saturated carbocycles. The van der Waals surface area contributed by atoms with E-state index in [0.29, 0.717) is 37.9 Å². The Labute approximate surface area is 164 Å². The van der Waals surface area contributed by atoms with Crippen molar-refractivity contribution in [2.45, 2.75) is 52.6 Å². The molecule has 7 heteroatoms. The van der Waals surface area contributed by atoms with E-state index in [4.69, 9.17) is 0 Å². The van der Waals surface area contributed by atoms with Crippen molar-refractivity contribution in [1.29, 1.82) is 0 Å². The Bertz CT molecular complexity index is 692. The summed E-state index contributed by atoms with van der Waals surface area (Å²) in [7, 11) is -3.14. The van der Waals surface area contributed by atoms with Gasteiger partial charge in [0.15, 0.2) is 0 Å². The highest BCUT2D eigenvalue weighted by Gasteiger charge is 2.28. The van der Waals surface area contributed by atoms with Gasteiger partial charge in [0.1, 0.15) is 0 Å². The van der Waals surface area contributed by atoms with Gasteiger partial charge < -0.3 is 5.32 Å². The minimum absolute atomic E-state index is 0.0286. The molecule has 0 spiro atoms. The highest BCUT2D eigenvalue weighted by molar-refractivity contribution is 7.89. The number of piperidine rings is 1. The van der Waals surface area contributed by atoms with Crippen LogP contribution >= 0.6 is 0 Å². The SMILES string of the molecule is CCCS(=O)(=O)N1CCC(NC(=O)c2ccc(CN(CC)CC)cc2)CC1. The summed E-state index contributed by atoms with van der Waals surface area (Å²) in [5.74, 6) is 0.114. The number of benzene rings is 1. The molecule has 152 valence electrons. The number of rotatable bonds is 9. The van der Waals surface area contributed by atoms with Gasteiger partial charge in [-0.05, 0) is 50.0 Å². The highest BCUT2D eigenvalue weighted by Crippen LogP contribution is 2.16. The van der Waals surface area contributed by atoms with Crippen LogP contribution in [0.5, 0.6) is 0 Å². The molecule has 0 radical (unpaired) electrons. The summed E-state index contributed by atoms with van der Waals surface area (Å²) in [6.07, 6.45) is 1.95. The molecule has 0 unspecified atom stereocenters. The summed E-state index contributed by atoms with van der Waals surface area (Å²) in [4.78, 5) is 14.8. The Hall–Kier alpha value is -1.44. The fourth-order valence-corrected chi connectivity index (χ4v) is 4.94. The number of sulfonamides is 1. The molecule has 1 aromatic rings. The summed E-state index contributed by atoms with van der Waals surface area (Å²) >= 11 is 0. The van der Waals surface area contributed by atoms with E-state index in [2.05, 4.69) is 24.1 Å². The van der Waals surface area contributed by atoms with Crippen LogP contribution in [0.1, 0.15) is 56.0 Å². The van der Waals surface area contributed by atoms with Gasteiger partial charge in [-0.1, -0.05) is 32.9 Å². The van der Waals surface area contributed by atoms with E-state index >= 15 is 0 Å². The number of carbonyl (C=O) groups excluding carboxylic acids is 1. The lowest BCUT2D eigenvalue weighted by Gasteiger charge is -2.31. The van der Waals surface area contributed by atoms with Gasteiger partial charge in [0, 0.05) is 31.2 Å². The lowest BCUT2D eigenvalue weighted by atomic mass is 10.1. The minimum Gasteiger partial charge on any atom is -0.349 e. The summed E-state index contributed by atoms with van der Waals surface area (Å²) in [6.45, 7) is 10.0. The molecular weight excluding hydrogens is 362 g/mol. The maximum atomic E-state index is 12.5. The van der Waals surface area contributed by atoms with Gasteiger partial charge in [0.05, 0.1) is 5.75 Å². The molecule has 1 N–H and O–H groups in total. The Morgan fingerprint density at radius 3 is 2.22 bits per heavy atom. The first-order valence-electron chi connectivity index (χ1n) is 9.99. The van der Waals surface area contributed by atoms with Gasteiger partial charge >= 0.3 is 0 Å². The second-order valence-electron chi connectivity index (χ2n) is 7.12. The first kappa shape index (κ1) is 21.9. The fourth-order valence-electron chi connectivity index (χ4n) is 3.40. The van der Waals surface area contributed by atoms with Crippen LogP contribution < -0.4 is 5.32 Å². The predicted octanol–water partition coefficient (Wildman–Crippen LogP) is 2.46. The zero-order valence-corrected chi connectivity index (χ0v) is 17.6. The number of amides is 1. The first-order chi connectivity index (χ1) is 12.9. The number of nitrogens with zero attached hydrogens (tertiary/aromatic N) is 2. The number of hydrogen-bond acceptors (Lipinski definition) is 4. The smallest absolute Gasteiger partial charge is 0.251 e.